The second-order valence-corrected chi connectivity index (χ2v) is 2.47. The molecule has 0 aromatic heterocycles. The van der Waals surface area contributed by atoms with E-state index in [2.05, 4.69) is 0 Å². The van der Waals surface area contributed by atoms with E-state index in [0.29, 0.717) is 11.6 Å². The van der Waals surface area contributed by atoms with E-state index in [9.17, 15) is 4.39 Å². The van der Waals surface area contributed by atoms with Gasteiger partial charge in [-0.15, -0.1) is 0 Å². The van der Waals surface area contributed by atoms with E-state index in [0.717, 1.165) is 0 Å². The number of hydrogen-bond donors (Lipinski definition) is 0. The average Bonchev–Trinajstić information content (AvgIpc) is 1.68. The van der Waals surface area contributed by atoms with Crippen molar-refractivity contribution in [2.75, 3.05) is 6.26 Å². The lowest BCUT2D eigenvalue weighted by molar-refractivity contribution is 0.716. The first-order valence-electron chi connectivity index (χ1n) is 2.11. The Balaban J connectivity index is 3.16. The molecule has 0 radical (unpaired) electrons. The maximum Gasteiger partial charge on any atom is 0.0838 e. The Bertz CT molecular complexity index is 61.1. The van der Waals surface area contributed by atoms with Gasteiger partial charge in [0.1, 0.15) is 0 Å². The van der Waals surface area contributed by atoms with Crippen LogP contribution in [0.15, 0.2) is 12.4 Å². The Morgan fingerprint density at radius 1 is 1.71 bits per heavy atom. The Morgan fingerprint density at radius 2 is 2.29 bits per heavy atom. The molecule has 1 atom stereocenters. The van der Waals surface area contributed by atoms with E-state index >= 15 is 0 Å². The molecule has 0 saturated heterocycles. The molecule has 7 heavy (non-hydrogen) atoms. The van der Waals surface area contributed by atoms with Crippen LogP contribution in [0.25, 0.3) is 0 Å². The van der Waals surface area contributed by atoms with Crippen LogP contribution < -0.4 is 0 Å². The quantitative estimate of drug-likeness (QED) is 0.538. The van der Waals surface area contributed by atoms with Crippen LogP contribution >= 0.6 is 11.8 Å². The van der Waals surface area contributed by atoms with Gasteiger partial charge in [0.15, 0.2) is 0 Å². The van der Waals surface area contributed by atoms with E-state index in [1.165, 1.54) is 6.08 Å². The van der Waals surface area contributed by atoms with Crippen LogP contribution in [0.3, 0.4) is 0 Å². The third kappa shape index (κ3) is 3.86. The first-order chi connectivity index (χ1) is 3.31. The highest BCUT2D eigenvalue weighted by molar-refractivity contribution is 7.99. The first-order valence-corrected chi connectivity index (χ1v) is 3.39. The zero-order valence-electron chi connectivity index (χ0n) is 4.52. The zero-order chi connectivity index (χ0) is 5.70. The second-order valence-electron chi connectivity index (χ2n) is 1.26. The summed E-state index contributed by atoms with van der Waals surface area (Å²) in [5, 5.41) is 0.310. The van der Waals surface area contributed by atoms with Crippen LogP contribution in [0.4, 0.5) is 4.39 Å². The van der Waals surface area contributed by atoms with Crippen molar-refractivity contribution in [2.45, 2.75) is 12.2 Å². The molecule has 0 N–H and O–H groups in total. The molecule has 0 aliphatic heterocycles. The zero-order valence-corrected chi connectivity index (χ0v) is 5.33. The smallest absolute Gasteiger partial charge is 0.0838 e. The SMILES string of the molecule is CSC(C)/C=C/F. The summed E-state index contributed by atoms with van der Waals surface area (Å²) < 4.78 is 11.2. The maximum absolute atomic E-state index is 11.2. The van der Waals surface area contributed by atoms with Gasteiger partial charge >= 0.3 is 0 Å². The summed E-state index contributed by atoms with van der Waals surface area (Å²) >= 11 is 1.62. The van der Waals surface area contributed by atoms with Crippen molar-refractivity contribution in [3.63, 3.8) is 0 Å². The van der Waals surface area contributed by atoms with Gasteiger partial charge in [-0.2, -0.15) is 11.8 Å². The van der Waals surface area contributed by atoms with Gasteiger partial charge in [-0.3, -0.25) is 0 Å². The number of halogens is 1. The molecule has 0 amide bonds. The Hall–Kier alpha value is 0.0200. The fraction of sp³-hybridized carbons (Fsp3) is 0.600. The van der Waals surface area contributed by atoms with Crippen LogP contribution in [0.5, 0.6) is 0 Å². The van der Waals surface area contributed by atoms with Crippen molar-refractivity contribution in [1.29, 1.82) is 0 Å². The van der Waals surface area contributed by atoms with Crippen molar-refractivity contribution in [3.05, 3.63) is 12.4 Å². The molecule has 0 aliphatic rings. The van der Waals surface area contributed by atoms with Gasteiger partial charge < -0.3 is 0 Å². The predicted octanol–water partition coefficient (Wildman–Crippen LogP) is 2.22. The summed E-state index contributed by atoms with van der Waals surface area (Å²) in [6.07, 6.45) is 4.05. The van der Waals surface area contributed by atoms with E-state index in [4.69, 9.17) is 0 Å². The molecule has 0 aromatic rings. The van der Waals surface area contributed by atoms with Crippen LogP contribution in [0.1, 0.15) is 6.92 Å². The third-order valence-electron chi connectivity index (χ3n) is 0.716. The molecule has 0 heterocycles. The van der Waals surface area contributed by atoms with Gasteiger partial charge in [0.25, 0.3) is 0 Å². The lowest BCUT2D eigenvalue weighted by Gasteiger charge is -1.94. The standard InChI is InChI=1S/C5H9FS/c1-5(7-2)3-4-6/h3-5H,1-2H3/b4-3+. The number of rotatable bonds is 2. The fourth-order valence-electron chi connectivity index (χ4n) is 0.181. The predicted molar refractivity (Wildman–Crippen MR) is 33.2 cm³/mol. The minimum Gasteiger partial charge on any atom is -0.216 e. The monoisotopic (exact) mass is 120 g/mol. The normalized spacial score (nSPS) is 15.3. The largest absolute Gasteiger partial charge is 0.216 e. The van der Waals surface area contributed by atoms with E-state index in [1.54, 1.807) is 11.8 Å². The van der Waals surface area contributed by atoms with Crippen LogP contribution in [0.2, 0.25) is 0 Å². The van der Waals surface area contributed by atoms with Crippen LogP contribution in [-0.2, 0) is 0 Å². The molecule has 0 saturated carbocycles. The molecule has 0 spiro atoms. The highest BCUT2D eigenvalue weighted by Gasteiger charge is 1.87. The Labute approximate surface area is 47.8 Å². The maximum atomic E-state index is 11.2. The lowest BCUT2D eigenvalue weighted by atomic mass is 10.5. The van der Waals surface area contributed by atoms with E-state index in [-0.39, 0.29) is 0 Å². The van der Waals surface area contributed by atoms with Crippen molar-refractivity contribution in [2.24, 2.45) is 0 Å². The van der Waals surface area contributed by atoms with Gasteiger partial charge in [0.05, 0.1) is 6.33 Å². The summed E-state index contributed by atoms with van der Waals surface area (Å²) in [5.74, 6) is 0. The van der Waals surface area contributed by atoms with Crippen molar-refractivity contribution >= 4 is 11.8 Å². The molecule has 0 rings (SSSR count). The van der Waals surface area contributed by atoms with E-state index in [1.807, 2.05) is 13.2 Å². The molecule has 0 aromatic carbocycles. The molecule has 0 bridgehead atoms. The summed E-state index contributed by atoms with van der Waals surface area (Å²) in [6.45, 7) is 1.95. The number of thioether (sulfide) groups is 1. The summed E-state index contributed by atoms with van der Waals surface area (Å²) in [6, 6.07) is 0. The Kier molecular flexibility index (Phi) is 4.20. The highest BCUT2D eigenvalue weighted by atomic mass is 32.2. The van der Waals surface area contributed by atoms with Crippen molar-refractivity contribution in [3.8, 4) is 0 Å². The fourth-order valence-corrected chi connectivity index (χ4v) is 0.398. The van der Waals surface area contributed by atoms with Gasteiger partial charge in [0, 0.05) is 5.25 Å². The molecule has 0 nitrogen and oxygen atoms in total. The molecule has 0 aliphatic carbocycles. The van der Waals surface area contributed by atoms with Gasteiger partial charge in [-0.25, -0.2) is 4.39 Å². The summed E-state index contributed by atoms with van der Waals surface area (Å²) in [7, 11) is 0. The molecular formula is C5H9FS. The third-order valence-corrected chi connectivity index (χ3v) is 1.62. The molecule has 0 fully saturated rings. The molecule has 2 heteroatoms. The molecule has 42 valence electrons. The average molecular weight is 120 g/mol. The molecular weight excluding hydrogens is 111 g/mol. The second kappa shape index (κ2) is 4.19. The van der Waals surface area contributed by atoms with Crippen LogP contribution in [0, 0.1) is 0 Å². The topological polar surface area (TPSA) is 0 Å². The minimum atomic E-state index is 0.310. The molecule has 1 unspecified atom stereocenters. The van der Waals surface area contributed by atoms with E-state index < -0.39 is 0 Å². The summed E-state index contributed by atoms with van der Waals surface area (Å²) in [5.41, 5.74) is 0. The lowest BCUT2D eigenvalue weighted by Crippen LogP contribution is -1.84. The van der Waals surface area contributed by atoms with Gasteiger partial charge in [0.2, 0.25) is 0 Å². The van der Waals surface area contributed by atoms with Crippen molar-refractivity contribution in [1.82, 2.24) is 0 Å². The Morgan fingerprint density at radius 3 is 2.43 bits per heavy atom. The minimum absolute atomic E-state index is 0.310. The summed E-state index contributed by atoms with van der Waals surface area (Å²) in [4.78, 5) is 0. The van der Waals surface area contributed by atoms with Gasteiger partial charge in [-0.1, -0.05) is 0 Å². The van der Waals surface area contributed by atoms with Crippen molar-refractivity contribution < 1.29 is 4.39 Å². The first kappa shape index (κ1) is 7.02. The number of hydrogen-bond acceptors (Lipinski definition) is 1. The van der Waals surface area contributed by atoms with Crippen LogP contribution in [-0.4, -0.2) is 11.5 Å². The van der Waals surface area contributed by atoms with Gasteiger partial charge in [-0.05, 0) is 19.3 Å². The highest BCUT2D eigenvalue weighted by Crippen LogP contribution is 2.05.